The van der Waals surface area contributed by atoms with Gasteiger partial charge in [-0.1, -0.05) is 6.07 Å². The highest BCUT2D eigenvalue weighted by atomic mass is 79.9. The van der Waals surface area contributed by atoms with E-state index in [0.29, 0.717) is 0 Å². The number of carbonyl (C=O) groups is 1. The van der Waals surface area contributed by atoms with Crippen molar-refractivity contribution in [1.82, 2.24) is 10.2 Å². The number of hydrogen-bond acceptors (Lipinski definition) is 3. The van der Waals surface area contributed by atoms with Gasteiger partial charge < -0.3 is 15.1 Å². The first-order valence-corrected chi connectivity index (χ1v) is 7.34. The standard InChI is InChI=1S/C14H20BrN3O/c1-11(19)17-5-7-18(8-6-17)14-4-3-12(10-16-2)9-13(14)15/h3-4,9,16H,5-8,10H2,1-2H3. The second-order valence-electron chi connectivity index (χ2n) is 4.81. The summed E-state index contributed by atoms with van der Waals surface area (Å²) in [5.41, 5.74) is 2.48. The van der Waals surface area contributed by atoms with Crippen LogP contribution in [-0.4, -0.2) is 44.0 Å². The number of benzene rings is 1. The van der Waals surface area contributed by atoms with Crippen LogP contribution in [0.4, 0.5) is 5.69 Å². The van der Waals surface area contributed by atoms with Crippen LogP contribution < -0.4 is 10.2 Å². The lowest BCUT2D eigenvalue weighted by Crippen LogP contribution is -2.48. The monoisotopic (exact) mass is 325 g/mol. The van der Waals surface area contributed by atoms with E-state index in [0.717, 1.165) is 37.2 Å². The third-order valence-corrected chi connectivity index (χ3v) is 4.09. The second-order valence-corrected chi connectivity index (χ2v) is 5.66. The van der Waals surface area contributed by atoms with Crippen LogP contribution in [0.1, 0.15) is 12.5 Å². The van der Waals surface area contributed by atoms with Crippen LogP contribution in [0.15, 0.2) is 22.7 Å². The molecule has 104 valence electrons. The summed E-state index contributed by atoms with van der Waals surface area (Å²) < 4.78 is 1.12. The molecule has 19 heavy (non-hydrogen) atoms. The Morgan fingerprint density at radius 2 is 2.00 bits per heavy atom. The first-order chi connectivity index (χ1) is 9.11. The third-order valence-electron chi connectivity index (χ3n) is 3.46. The molecule has 0 spiro atoms. The van der Waals surface area contributed by atoms with Gasteiger partial charge in [-0.25, -0.2) is 0 Å². The first kappa shape index (κ1) is 14.3. The fourth-order valence-corrected chi connectivity index (χ4v) is 3.06. The Balaban J connectivity index is 2.05. The SMILES string of the molecule is CNCc1ccc(N2CCN(C(C)=O)CC2)c(Br)c1. The van der Waals surface area contributed by atoms with E-state index in [1.165, 1.54) is 11.3 Å². The largest absolute Gasteiger partial charge is 0.367 e. The molecule has 1 fully saturated rings. The van der Waals surface area contributed by atoms with Crippen molar-refractivity contribution in [2.24, 2.45) is 0 Å². The molecule has 0 aliphatic carbocycles. The molecule has 0 bridgehead atoms. The summed E-state index contributed by atoms with van der Waals surface area (Å²) in [6, 6.07) is 6.46. The van der Waals surface area contributed by atoms with E-state index >= 15 is 0 Å². The van der Waals surface area contributed by atoms with Crippen molar-refractivity contribution in [3.05, 3.63) is 28.2 Å². The smallest absolute Gasteiger partial charge is 0.219 e. The fraction of sp³-hybridized carbons (Fsp3) is 0.500. The molecule has 0 aromatic heterocycles. The number of nitrogens with zero attached hydrogens (tertiary/aromatic N) is 2. The maximum absolute atomic E-state index is 11.3. The van der Waals surface area contributed by atoms with E-state index < -0.39 is 0 Å². The van der Waals surface area contributed by atoms with Crippen LogP contribution in [0.5, 0.6) is 0 Å². The lowest BCUT2D eigenvalue weighted by molar-refractivity contribution is -0.129. The zero-order valence-electron chi connectivity index (χ0n) is 11.4. The van der Waals surface area contributed by atoms with Crippen LogP contribution >= 0.6 is 15.9 Å². The number of hydrogen-bond donors (Lipinski definition) is 1. The zero-order valence-corrected chi connectivity index (χ0v) is 13.0. The number of halogens is 1. The normalized spacial score (nSPS) is 15.7. The highest BCUT2D eigenvalue weighted by Crippen LogP contribution is 2.28. The van der Waals surface area contributed by atoms with Crippen molar-refractivity contribution < 1.29 is 4.79 Å². The van der Waals surface area contributed by atoms with Crippen LogP contribution in [0, 0.1) is 0 Å². The van der Waals surface area contributed by atoms with Gasteiger partial charge in [0.25, 0.3) is 0 Å². The molecule has 0 radical (unpaired) electrons. The van der Waals surface area contributed by atoms with Gasteiger partial charge in [0.05, 0.1) is 5.69 Å². The summed E-state index contributed by atoms with van der Waals surface area (Å²) in [5, 5.41) is 3.15. The Bertz CT molecular complexity index is 456. The summed E-state index contributed by atoms with van der Waals surface area (Å²) in [5.74, 6) is 0.170. The molecule has 1 N–H and O–H groups in total. The molecule has 1 aromatic carbocycles. The van der Waals surface area contributed by atoms with Crippen LogP contribution in [0.2, 0.25) is 0 Å². The minimum atomic E-state index is 0.170. The molecular formula is C14H20BrN3O. The number of amides is 1. The number of carbonyl (C=O) groups excluding carboxylic acids is 1. The van der Waals surface area contributed by atoms with E-state index in [-0.39, 0.29) is 5.91 Å². The van der Waals surface area contributed by atoms with Gasteiger partial charge in [0.1, 0.15) is 0 Å². The highest BCUT2D eigenvalue weighted by Gasteiger charge is 2.20. The maximum atomic E-state index is 11.3. The molecule has 1 aliphatic rings. The number of nitrogens with one attached hydrogen (secondary N) is 1. The molecule has 4 nitrogen and oxygen atoms in total. The van der Waals surface area contributed by atoms with Crippen LogP contribution in [0.25, 0.3) is 0 Å². The summed E-state index contributed by atoms with van der Waals surface area (Å²) in [4.78, 5) is 15.5. The average Bonchev–Trinajstić information content (AvgIpc) is 2.39. The van der Waals surface area contributed by atoms with E-state index in [1.807, 2.05) is 11.9 Å². The van der Waals surface area contributed by atoms with E-state index in [2.05, 4.69) is 44.3 Å². The van der Waals surface area contributed by atoms with Crippen molar-refractivity contribution in [2.75, 3.05) is 38.1 Å². The molecule has 1 aliphatic heterocycles. The molecule has 0 unspecified atom stereocenters. The van der Waals surface area contributed by atoms with Crippen molar-refractivity contribution in [2.45, 2.75) is 13.5 Å². The summed E-state index contributed by atoms with van der Waals surface area (Å²) >= 11 is 3.65. The van der Waals surface area contributed by atoms with E-state index in [1.54, 1.807) is 6.92 Å². The fourth-order valence-electron chi connectivity index (χ4n) is 2.38. The number of anilines is 1. The van der Waals surface area contributed by atoms with Gasteiger partial charge in [-0.15, -0.1) is 0 Å². The lowest BCUT2D eigenvalue weighted by Gasteiger charge is -2.36. The van der Waals surface area contributed by atoms with Crippen molar-refractivity contribution in [3.8, 4) is 0 Å². The molecule has 0 atom stereocenters. The van der Waals surface area contributed by atoms with Gasteiger partial charge in [0, 0.05) is 44.1 Å². The predicted molar refractivity (Wildman–Crippen MR) is 81.4 cm³/mol. The molecule has 1 saturated heterocycles. The molecule has 5 heteroatoms. The van der Waals surface area contributed by atoms with Crippen molar-refractivity contribution >= 4 is 27.5 Å². The molecule has 1 aromatic rings. The van der Waals surface area contributed by atoms with Crippen LogP contribution in [0.3, 0.4) is 0 Å². The Hall–Kier alpha value is -1.07. The average molecular weight is 326 g/mol. The van der Waals surface area contributed by atoms with Gasteiger partial charge in [0.2, 0.25) is 5.91 Å². The lowest BCUT2D eigenvalue weighted by atomic mass is 10.1. The minimum Gasteiger partial charge on any atom is -0.367 e. The zero-order chi connectivity index (χ0) is 13.8. The molecular weight excluding hydrogens is 306 g/mol. The number of piperazine rings is 1. The Morgan fingerprint density at radius 1 is 1.32 bits per heavy atom. The molecule has 0 saturated carbocycles. The molecule has 2 rings (SSSR count). The van der Waals surface area contributed by atoms with Gasteiger partial charge in [0.15, 0.2) is 0 Å². The van der Waals surface area contributed by atoms with E-state index in [9.17, 15) is 4.79 Å². The highest BCUT2D eigenvalue weighted by molar-refractivity contribution is 9.10. The molecule has 1 heterocycles. The first-order valence-electron chi connectivity index (χ1n) is 6.55. The van der Waals surface area contributed by atoms with Gasteiger partial charge in [-0.3, -0.25) is 4.79 Å². The summed E-state index contributed by atoms with van der Waals surface area (Å²) in [7, 11) is 1.95. The quantitative estimate of drug-likeness (QED) is 0.921. The maximum Gasteiger partial charge on any atom is 0.219 e. The van der Waals surface area contributed by atoms with Gasteiger partial charge in [-0.05, 0) is 40.7 Å². The van der Waals surface area contributed by atoms with E-state index in [4.69, 9.17) is 0 Å². The Labute approximate surface area is 122 Å². The topological polar surface area (TPSA) is 35.6 Å². The second kappa shape index (κ2) is 6.39. The predicted octanol–water partition coefficient (Wildman–Crippen LogP) is 1.84. The van der Waals surface area contributed by atoms with Crippen LogP contribution in [-0.2, 0) is 11.3 Å². The van der Waals surface area contributed by atoms with Crippen molar-refractivity contribution in [3.63, 3.8) is 0 Å². The van der Waals surface area contributed by atoms with Gasteiger partial charge in [-0.2, -0.15) is 0 Å². The Morgan fingerprint density at radius 3 is 2.53 bits per heavy atom. The van der Waals surface area contributed by atoms with Gasteiger partial charge >= 0.3 is 0 Å². The van der Waals surface area contributed by atoms with Crippen molar-refractivity contribution in [1.29, 1.82) is 0 Å². The minimum absolute atomic E-state index is 0.170. The molecule has 1 amide bonds. The Kier molecular flexibility index (Phi) is 4.82. The number of rotatable bonds is 3. The third kappa shape index (κ3) is 3.48. The summed E-state index contributed by atoms with van der Waals surface area (Å²) in [6.45, 7) is 5.91. The summed E-state index contributed by atoms with van der Waals surface area (Å²) in [6.07, 6.45) is 0.